The van der Waals surface area contributed by atoms with E-state index in [1.165, 1.54) is 0 Å². The number of aryl methyl sites for hydroxylation is 1. The summed E-state index contributed by atoms with van der Waals surface area (Å²) >= 11 is 5.84. The van der Waals surface area contributed by atoms with Crippen LogP contribution in [0, 0.1) is 5.41 Å². The summed E-state index contributed by atoms with van der Waals surface area (Å²) in [7, 11) is 1.56. The second-order valence-electron chi connectivity index (χ2n) is 5.50. The average Bonchev–Trinajstić information content (AvgIpc) is 2.76. The predicted molar refractivity (Wildman–Crippen MR) is 81.5 cm³/mol. The second kappa shape index (κ2) is 5.89. The van der Waals surface area contributed by atoms with Crippen molar-refractivity contribution in [2.75, 3.05) is 13.0 Å². The van der Waals surface area contributed by atoms with Crippen molar-refractivity contribution in [3.8, 4) is 5.88 Å². The van der Waals surface area contributed by atoms with Gasteiger partial charge in [-0.15, -0.1) is 11.6 Å². The third-order valence-electron chi connectivity index (χ3n) is 3.39. The number of nitrogens with two attached hydrogens (primary N) is 1. The number of methoxy groups -OCH3 is 1. The number of aromatic nitrogens is 3. The molecule has 1 amide bonds. The summed E-state index contributed by atoms with van der Waals surface area (Å²) < 4.78 is 7.05. The number of alkyl halides is 1. The molecule has 0 spiro atoms. The molecule has 2 aromatic heterocycles. The molecule has 0 saturated heterocycles. The first-order valence-corrected chi connectivity index (χ1v) is 7.18. The van der Waals surface area contributed by atoms with Crippen molar-refractivity contribution >= 4 is 28.7 Å². The van der Waals surface area contributed by atoms with Crippen LogP contribution in [-0.2, 0) is 17.8 Å². The van der Waals surface area contributed by atoms with Gasteiger partial charge in [-0.2, -0.15) is 4.98 Å². The van der Waals surface area contributed by atoms with Crippen LogP contribution in [0.3, 0.4) is 0 Å². The molecule has 6 nitrogen and oxygen atoms in total. The maximum Gasteiger partial charge on any atom is 0.224 e. The highest BCUT2D eigenvalue weighted by atomic mass is 35.5. The summed E-state index contributed by atoms with van der Waals surface area (Å²) in [4.78, 5) is 20.5. The molecule has 21 heavy (non-hydrogen) atoms. The van der Waals surface area contributed by atoms with E-state index < -0.39 is 5.41 Å². The fraction of sp³-hybridized carbons (Fsp3) is 0.500. The van der Waals surface area contributed by atoms with Gasteiger partial charge in [0, 0.05) is 24.9 Å². The number of halogens is 1. The molecule has 114 valence electrons. The van der Waals surface area contributed by atoms with Crippen LogP contribution in [0.15, 0.2) is 12.1 Å². The number of ether oxygens (including phenoxy) is 1. The number of rotatable bonds is 6. The molecule has 2 aromatic rings. The Morgan fingerprint density at radius 2 is 2.14 bits per heavy atom. The summed E-state index contributed by atoms with van der Waals surface area (Å²) in [6.45, 7) is 3.99. The van der Waals surface area contributed by atoms with Gasteiger partial charge in [-0.25, -0.2) is 4.98 Å². The number of imidazole rings is 1. The van der Waals surface area contributed by atoms with Gasteiger partial charge in [-0.3, -0.25) is 4.79 Å². The molecule has 0 bridgehead atoms. The Morgan fingerprint density at radius 3 is 2.71 bits per heavy atom. The SMILES string of the molecule is COc1ccc2nc(CCCl)n(CC(C)(C)C(N)=O)c2n1. The van der Waals surface area contributed by atoms with E-state index >= 15 is 0 Å². The van der Waals surface area contributed by atoms with E-state index in [9.17, 15) is 4.79 Å². The second-order valence-corrected chi connectivity index (χ2v) is 5.88. The molecule has 2 rings (SSSR count). The smallest absolute Gasteiger partial charge is 0.224 e. The van der Waals surface area contributed by atoms with Gasteiger partial charge in [-0.1, -0.05) is 0 Å². The van der Waals surface area contributed by atoms with Gasteiger partial charge >= 0.3 is 0 Å². The number of hydrogen-bond acceptors (Lipinski definition) is 4. The van der Waals surface area contributed by atoms with E-state index in [2.05, 4.69) is 9.97 Å². The lowest BCUT2D eigenvalue weighted by molar-refractivity contribution is -0.126. The molecular formula is C14H19ClN4O2. The van der Waals surface area contributed by atoms with E-state index in [1.807, 2.05) is 10.6 Å². The molecule has 0 radical (unpaired) electrons. The summed E-state index contributed by atoms with van der Waals surface area (Å²) in [5.41, 5.74) is 6.17. The Hall–Kier alpha value is -1.82. The lowest BCUT2D eigenvalue weighted by Gasteiger charge is -2.22. The molecular weight excluding hydrogens is 292 g/mol. The highest BCUT2D eigenvalue weighted by Gasteiger charge is 2.28. The topological polar surface area (TPSA) is 83.0 Å². The zero-order valence-electron chi connectivity index (χ0n) is 12.4. The number of carbonyl (C=O) groups is 1. The third-order valence-corrected chi connectivity index (χ3v) is 3.58. The molecule has 0 aliphatic heterocycles. The monoisotopic (exact) mass is 310 g/mol. The van der Waals surface area contributed by atoms with Crippen molar-refractivity contribution in [3.05, 3.63) is 18.0 Å². The maximum absolute atomic E-state index is 11.6. The highest BCUT2D eigenvalue weighted by Crippen LogP contribution is 2.24. The number of nitrogens with zero attached hydrogens (tertiary/aromatic N) is 3. The molecule has 0 atom stereocenters. The zero-order valence-corrected chi connectivity index (χ0v) is 13.1. The average molecular weight is 311 g/mol. The maximum atomic E-state index is 11.6. The van der Waals surface area contributed by atoms with Crippen LogP contribution in [-0.4, -0.2) is 33.4 Å². The van der Waals surface area contributed by atoms with Crippen molar-refractivity contribution in [1.82, 2.24) is 14.5 Å². The Morgan fingerprint density at radius 1 is 1.43 bits per heavy atom. The summed E-state index contributed by atoms with van der Waals surface area (Å²) in [5, 5.41) is 0. The van der Waals surface area contributed by atoms with Gasteiger partial charge in [-0.05, 0) is 19.9 Å². The van der Waals surface area contributed by atoms with Gasteiger partial charge in [0.25, 0.3) is 0 Å². The standard InChI is InChI=1S/C14H19ClN4O2/c1-14(2,13(16)20)8-19-10(6-7-15)17-9-4-5-11(21-3)18-12(9)19/h4-5H,6-8H2,1-3H3,(H2,16,20). The first-order valence-electron chi connectivity index (χ1n) is 6.65. The molecule has 0 aliphatic carbocycles. The fourth-order valence-electron chi connectivity index (χ4n) is 2.06. The molecule has 0 aromatic carbocycles. The minimum absolute atomic E-state index is 0.371. The van der Waals surface area contributed by atoms with E-state index in [0.717, 1.165) is 11.3 Å². The number of fused-ring (bicyclic) bond motifs is 1. The normalized spacial score (nSPS) is 11.8. The molecule has 2 N–H and O–H groups in total. The van der Waals surface area contributed by atoms with E-state index in [0.29, 0.717) is 30.4 Å². The largest absolute Gasteiger partial charge is 0.481 e. The van der Waals surface area contributed by atoms with Gasteiger partial charge in [0.15, 0.2) is 5.65 Å². The minimum Gasteiger partial charge on any atom is -0.481 e. The summed E-state index contributed by atoms with van der Waals surface area (Å²) in [5.74, 6) is 1.36. The number of hydrogen-bond donors (Lipinski definition) is 1. The van der Waals surface area contributed by atoms with Crippen LogP contribution >= 0.6 is 11.6 Å². The van der Waals surface area contributed by atoms with E-state index in [4.69, 9.17) is 22.1 Å². The highest BCUT2D eigenvalue weighted by molar-refractivity contribution is 6.17. The predicted octanol–water partition coefficient (Wildman–Crippen LogP) is 1.73. The Balaban J connectivity index is 2.56. The Kier molecular flexibility index (Phi) is 4.37. The molecule has 0 unspecified atom stereocenters. The summed E-state index contributed by atoms with van der Waals surface area (Å²) in [6.07, 6.45) is 0.592. The van der Waals surface area contributed by atoms with Crippen LogP contribution < -0.4 is 10.5 Å². The van der Waals surface area contributed by atoms with Crippen LogP contribution in [0.4, 0.5) is 0 Å². The van der Waals surface area contributed by atoms with Crippen molar-refractivity contribution in [1.29, 1.82) is 0 Å². The molecule has 0 aliphatic rings. The van der Waals surface area contributed by atoms with Crippen molar-refractivity contribution in [3.63, 3.8) is 0 Å². The lowest BCUT2D eigenvalue weighted by Crippen LogP contribution is -2.35. The van der Waals surface area contributed by atoms with Crippen LogP contribution in [0.25, 0.3) is 11.2 Å². The van der Waals surface area contributed by atoms with Crippen LogP contribution in [0.5, 0.6) is 5.88 Å². The first kappa shape index (κ1) is 15.6. The van der Waals surface area contributed by atoms with Crippen molar-refractivity contribution in [2.24, 2.45) is 11.1 Å². The summed E-state index contributed by atoms with van der Waals surface area (Å²) in [6, 6.07) is 3.59. The first-order chi connectivity index (χ1) is 9.89. The van der Waals surface area contributed by atoms with Crippen molar-refractivity contribution in [2.45, 2.75) is 26.8 Å². The number of carbonyl (C=O) groups excluding carboxylic acids is 1. The van der Waals surface area contributed by atoms with E-state index in [-0.39, 0.29) is 5.91 Å². The van der Waals surface area contributed by atoms with Gasteiger partial charge in [0.05, 0.1) is 12.5 Å². The zero-order chi connectivity index (χ0) is 15.6. The molecule has 7 heteroatoms. The van der Waals surface area contributed by atoms with Crippen LogP contribution in [0.1, 0.15) is 19.7 Å². The Labute approximate surface area is 128 Å². The van der Waals surface area contributed by atoms with Gasteiger partial charge in [0.1, 0.15) is 11.3 Å². The quantitative estimate of drug-likeness (QED) is 0.824. The third kappa shape index (κ3) is 3.10. The van der Waals surface area contributed by atoms with E-state index in [1.54, 1.807) is 27.0 Å². The molecule has 0 fully saturated rings. The fourth-order valence-corrected chi connectivity index (χ4v) is 2.23. The van der Waals surface area contributed by atoms with Gasteiger partial charge < -0.3 is 15.0 Å². The number of amides is 1. The lowest BCUT2D eigenvalue weighted by atomic mass is 9.92. The van der Waals surface area contributed by atoms with Crippen LogP contribution in [0.2, 0.25) is 0 Å². The number of primary amides is 1. The Bertz CT molecular complexity index is 666. The van der Waals surface area contributed by atoms with Gasteiger partial charge in [0.2, 0.25) is 11.8 Å². The molecule has 2 heterocycles. The molecule has 0 saturated carbocycles. The van der Waals surface area contributed by atoms with Crippen molar-refractivity contribution < 1.29 is 9.53 Å². The minimum atomic E-state index is -0.709. The number of pyridine rings is 1.